The number of halogens is 3. The highest BCUT2D eigenvalue weighted by atomic mass is 32.2. The molecule has 1 fully saturated rings. The van der Waals surface area contributed by atoms with Gasteiger partial charge in [0, 0.05) is 32.4 Å². The first kappa shape index (κ1) is 27.2. The molecule has 0 saturated carbocycles. The van der Waals surface area contributed by atoms with E-state index < -0.39 is 44.5 Å². The molecule has 202 valence electrons. The van der Waals surface area contributed by atoms with Gasteiger partial charge in [0.25, 0.3) is 5.91 Å². The quantitative estimate of drug-likeness (QED) is 0.440. The molecular formula is C25H26F3N5O4S. The Morgan fingerprint density at radius 2 is 1.50 bits per heavy atom. The van der Waals surface area contributed by atoms with Crippen molar-refractivity contribution in [1.82, 2.24) is 25.3 Å². The third-order valence-corrected chi connectivity index (χ3v) is 8.45. The molecule has 4 rings (SSSR count). The lowest BCUT2D eigenvalue weighted by Crippen LogP contribution is -2.48. The van der Waals surface area contributed by atoms with Crippen LogP contribution >= 0.6 is 0 Å². The second kappa shape index (κ2) is 11.3. The fraction of sp³-hybridized carbons (Fsp3) is 0.320. The zero-order chi connectivity index (χ0) is 27.3. The smallest absolute Gasteiger partial charge is 0.350 e. The van der Waals surface area contributed by atoms with E-state index >= 15 is 0 Å². The molecule has 1 aromatic heterocycles. The maximum atomic E-state index is 13.5. The highest BCUT2D eigenvalue weighted by molar-refractivity contribution is 7.92. The Balaban J connectivity index is 1.27. The number of likely N-dealkylation sites (tertiary alicyclic amines) is 1. The van der Waals surface area contributed by atoms with Crippen molar-refractivity contribution in [3.8, 4) is 5.69 Å². The molecule has 1 aliphatic heterocycles. The van der Waals surface area contributed by atoms with E-state index in [-0.39, 0.29) is 43.9 Å². The van der Waals surface area contributed by atoms with Gasteiger partial charge >= 0.3 is 12.2 Å². The molecule has 0 atom stereocenters. The summed E-state index contributed by atoms with van der Waals surface area (Å²) in [5.41, 5.74) is -1.57. The fourth-order valence-corrected chi connectivity index (χ4v) is 5.94. The minimum atomic E-state index is -4.83. The number of nitrogens with zero attached hydrogens (tertiary/aromatic N) is 3. The Kier molecular flexibility index (Phi) is 8.05. The summed E-state index contributed by atoms with van der Waals surface area (Å²) in [4.78, 5) is 26.7. The van der Waals surface area contributed by atoms with Gasteiger partial charge in [-0.2, -0.15) is 18.3 Å². The van der Waals surface area contributed by atoms with Gasteiger partial charge in [-0.25, -0.2) is 17.9 Å². The molecule has 2 heterocycles. The topological polar surface area (TPSA) is 113 Å². The van der Waals surface area contributed by atoms with Crippen molar-refractivity contribution in [1.29, 1.82) is 0 Å². The number of carbonyl (C=O) groups is 2. The molecule has 2 aromatic carbocycles. The van der Waals surface area contributed by atoms with Gasteiger partial charge in [0.15, 0.2) is 15.5 Å². The van der Waals surface area contributed by atoms with Crippen molar-refractivity contribution >= 4 is 21.8 Å². The summed E-state index contributed by atoms with van der Waals surface area (Å²) in [6.07, 6.45) is -3.25. The van der Waals surface area contributed by atoms with Gasteiger partial charge in [-0.3, -0.25) is 4.79 Å². The van der Waals surface area contributed by atoms with Crippen molar-refractivity contribution in [2.45, 2.75) is 29.2 Å². The Bertz CT molecular complexity index is 1370. The fourth-order valence-electron chi connectivity index (χ4n) is 4.19. The summed E-state index contributed by atoms with van der Waals surface area (Å²) in [7, 11) is -3.49. The molecule has 1 saturated heterocycles. The van der Waals surface area contributed by atoms with E-state index in [4.69, 9.17) is 0 Å². The normalized spacial score (nSPS) is 14.8. The highest BCUT2D eigenvalue weighted by Gasteiger charge is 2.39. The van der Waals surface area contributed by atoms with Crippen LogP contribution in [-0.2, 0) is 16.0 Å². The van der Waals surface area contributed by atoms with Crippen LogP contribution < -0.4 is 10.6 Å². The second-order valence-corrected chi connectivity index (χ2v) is 10.9. The molecule has 9 nitrogen and oxygen atoms in total. The number of alkyl halides is 3. The van der Waals surface area contributed by atoms with E-state index in [2.05, 4.69) is 15.7 Å². The first-order valence-corrected chi connectivity index (χ1v) is 13.4. The Labute approximate surface area is 217 Å². The van der Waals surface area contributed by atoms with Gasteiger partial charge in [0.2, 0.25) is 0 Å². The molecule has 1 aliphatic rings. The van der Waals surface area contributed by atoms with Crippen molar-refractivity contribution < 1.29 is 31.2 Å². The Morgan fingerprint density at radius 3 is 2.11 bits per heavy atom. The van der Waals surface area contributed by atoms with E-state index in [9.17, 15) is 31.2 Å². The van der Waals surface area contributed by atoms with Gasteiger partial charge in [0.1, 0.15) is 0 Å². The molecule has 2 N–H and O–H groups in total. The lowest BCUT2D eigenvalue weighted by atomic mass is 10.1. The van der Waals surface area contributed by atoms with Crippen LogP contribution in [0.5, 0.6) is 0 Å². The van der Waals surface area contributed by atoms with Gasteiger partial charge in [0.05, 0.1) is 21.4 Å². The second-order valence-electron chi connectivity index (χ2n) is 8.70. The summed E-state index contributed by atoms with van der Waals surface area (Å²) in [6.45, 7) is 0.337. The average Bonchev–Trinajstić information content (AvgIpc) is 3.39. The van der Waals surface area contributed by atoms with Gasteiger partial charge in [-0.15, -0.1) is 0 Å². The monoisotopic (exact) mass is 549 g/mol. The number of hydrogen-bond acceptors (Lipinski definition) is 5. The number of urea groups is 1. The largest absolute Gasteiger partial charge is 0.435 e. The predicted octanol–water partition coefficient (Wildman–Crippen LogP) is 3.27. The molecule has 38 heavy (non-hydrogen) atoms. The summed E-state index contributed by atoms with van der Waals surface area (Å²) >= 11 is 0. The molecule has 0 unspecified atom stereocenters. The van der Waals surface area contributed by atoms with Crippen LogP contribution in [0.25, 0.3) is 5.69 Å². The molecule has 0 bridgehead atoms. The van der Waals surface area contributed by atoms with Crippen molar-refractivity contribution in [2.75, 3.05) is 26.2 Å². The number of benzene rings is 2. The zero-order valence-corrected chi connectivity index (χ0v) is 21.0. The van der Waals surface area contributed by atoms with E-state index in [0.29, 0.717) is 5.69 Å². The van der Waals surface area contributed by atoms with E-state index in [0.717, 1.165) is 10.9 Å². The summed E-state index contributed by atoms with van der Waals surface area (Å²) in [5.74, 6) is -0.972. The number of rotatable bonds is 7. The first-order valence-electron chi connectivity index (χ1n) is 11.9. The molecule has 3 aromatic rings. The summed E-state index contributed by atoms with van der Waals surface area (Å²) < 4.78 is 67.0. The zero-order valence-electron chi connectivity index (χ0n) is 20.2. The van der Waals surface area contributed by atoms with Crippen molar-refractivity contribution in [3.05, 3.63) is 78.1 Å². The van der Waals surface area contributed by atoms with Crippen LogP contribution in [0.1, 0.15) is 28.9 Å². The maximum absolute atomic E-state index is 13.5. The maximum Gasteiger partial charge on any atom is 0.435 e. The molecule has 3 amide bonds. The van der Waals surface area contributed by atoms with Gasteiger partial charge in [-0.1, -0.05) is 36.4 Å². The van der Waals surface area contributed by atoms with Crippen LogP contribution in [0.15, 0.2) is 71.8 Å². The Morgan fingerprint density at radius 1 is 0.921 bits per heavy atom. The number of amides is 3. The van der Waals surface area contributed by atoms with E-state index in [1.165, 1.54) is 4.90 Å². The SMILES string of the molecule is O=C(NCCNC(=O)N1CCC(S(=O)(=O)c2ccccc2)CC1)c1cn(-c2ccccc2)nc1C(F)(F)F. The van der Waals surface area contributed by atoms with Crippen LogP contribution in [-0.4, -0.2) is 66.5 Å². The summed E-state index contributed by atoms with van der Waals surface area (Å²) in [6, 6.07) is 15.8. The van der Waals surface area contributed by atoms with Crippen LogP contribution in [0.4, 0.5) is 18.0 Å². The molecule has 0 aliphatic carbocycles. The number of aromatic nitrogens is 2. The molecule has 13 heteroatoms. The number of piperidine rings is 1. The number of nitrogens with one attached hydrogen (secondary N) is 2. The lowest BCUT2D eigenvalue weighted by molar-refractivity contribution is -0.141. The number of para-hydroxylation sites is 1. The van der Waals surface area contributed by atoms with E-state index in [1.54, 1.807) is 60.7 Å². The molecular weight excluding hydrogens is 523 g/mol. The molecule has 0 radical (unpaired) electrons. The summed E-state index contributed by atoms with van der Waals surface area (Å²) in [5, 5.41) is 7.93. The van der Waals surface area contributed by atoms with E-state index in [1.807, 2.05) is 0 Å². The highest BCUT2D eigenvalue weighted by Crippen LogP contribution is 2.31. The number of sulfone groups is 1. The first-order chi connectivity index (χ1) is 18.1. The number of hydrogen-bond donors (Lipinski definition) is 2. The van der Waals surface area contributed by atoms with Gasteiger partial charge in [-0.05, 0) is 37.1 Å². The predicted molar refractivity (Wildman–Crippen MR) is 133 cm³/mol. The third-order valence-electron chi connectivity index (χ3n) is 6.17. The minimum absolute atomic E-state index is 0.0268. The average molecular weight is 550 g/mol. The standard InChI is InChI=1S/C25H26F3N5O4S/c26-25(27,28)22-21(17-33(31-22)18-7-3-1-4-8-18)23(34)29-13-14-30-24(35)32-15-11-20(12-16-32)38(36,37)19-9-5-2-6-10-19/h1-10,17,20H,11-16H2,(H,29,34)(H,30,35). The van der Waals surface area contributed by atoms with Crippen LogP contribution in [0.2, 0.25) is 0 Å². The third kappa shape index (κ3) is 6.15. The van der Waals surface area contributed by atoms with Crippen LogP contribution in [0, 0.1) is 0 Å². The minimum Gasteiger partial charge on any atom is -0.350 e. The van der Waals surface area contributed by atoms with Gasteiger partial charge < -0.3 is 15.5 Å². The number of carbonyl (C=O) groups excluding carboxylic acids is 2. The van der Waals surface area contributed by atoms with Crippen molar-refractivity contribution in [2.24, 2.45) is 0 Å². The van der Waals surface area contributed by atoms with Crippen LogP contribution in [0.3, 0.4) is 0 Å². The van der Waals surface area contributed by atoms with Crippen molar-refractivity contribution in [3.63, 3.8) is 0 Å². The lowest BCUT2D eigenvalue weighted by Gasteiger charge is -2.31. The Hall–Kier alpha value is -3.87. The molecule has 0 spiro atoms.